The first-order valence-electron chi connectivity index (χ1n) is 4.56. The van der Waals surface area contributed by atoms with Crippen molar-refractivity contribution in [3.63, 3.8) is 0 Å². The second kappa shape index (κ2) is 4.86. The van der Waals surface area contributed by atoms with Crippen molar-refractivity contribution in [3.05, 3.63) is 28.8 Å². The first kappa shape index (κ1) is 12.3. The first-order chi connectivity index (χ1) is 6.88. The number of anilines is 1. The van der Waals surface area contributed by atoms with E-state index in [4.69, 9.17) is 11.6 Å². The van der Waals surface area contributed by atoms with E-state index in [0.717, 1.165) is 11.3 Å². The molecule has 1 aromatic carbocycles. The van der Waals surface area contributed by atoms with Gasteiger partial charge in [0.05, 0.1) is 5.75 Å². The Labute approximate surface area is 95.4 Å². The maximum Gasteiger partial charge on any atom is 0.149 e. The van der Waals surface area contributed by atoms with Crippen molar-refractivity contribution in [2.45, 2.75) is 6.92 Å². The van der Waals surface area contributed by atoms with Crippen LogP contribution in [0.15, 0.2) is 18.2 Å². The van der Waals surface area contributed by atoms with Gasteiger partial charge in [-0.05, 0) is 24.6 Å². The lowest BCUT2D eigenvalue weighted by Crippen LogP contribution is -2.14. The predicted octanol–water partition coefficient (Wildman–Crippen LogP) is 2.10. The predicted molar refractivity (Wildman–Crippen MR) is 64.4 cm³/mol. The van der Waals surface area contributed by atoms with E-state index in [2.05, 4.69) is 5.32 Å². The molecule has 1 N–H and O–H groups in total. The van der Waals surface area contributed by atoms with Crippen LogP contribution in [0.3, 0.4) is 0 Å². The first-order valence-corrected chi connectivity index (χ1v) is 7.00. The van der Waals surface area contributed by atoms with E-state index in [1.165, 1.54) is 6.26 Å². The lowest BCUT2D eigenvalue weighted by molar-refractivity contribution is 0.602. The lowest BCUT2D eigenvalue weighted by Gasteiger charge is -2.06. The summed E-state index contributed by atoms with van der Waals surface area (Å²) in [5.74, 6) is 0.124. The van der Waals surface area contributed by atoms with Crippen LogP contribution in [0.1, 0.15) is 5.56 Å². The van der Waals surface area contributed by atoms with Crippen LogP contribution in [0, 0.1) is 6.92 Å². The highest BCUT2D eigenvalue weighted by Crippen LogP contribution is 2.19. The summed E-state index contributed by atoms with van der Waals surface area (Å²) in [6, 6.07) is 5.56. The Hall–Kier alpha value is -0.740. The summed E-state index contributed by atoms with van der Waals surface area (Å²) in [6.45, 7) is 2.32. The molecule has 0 aromatic heterocycles. The van der Waals surface area contributed by atoms with Crippen molar-refractivity contribution in [2.24, 2.45) is 0 Å². The van der Waals surface area contributed by atoms with Crippen molar-refractivity contribution in [2.75, 3.05) is 23.9 Å². The highest BCUT2D eigenvalue weighted by atomic mass is 35.5. The van der Waals surface area contributed by atoms with Gasteiger partial charge in [-0.2, -0.15) is 0 Å². The fourth-order valence-electron chi connectivity index (χ4n) is 1.08. The fraction of sp³-hybridized carbons (Fsp3) is 0.400. The molecule has 1 rings (SSSR count). The Morgan fingerprint density at radius 3 is 2.60 bits per heavy atom. The number of rotatable bonds is 4. The molecule has 1 aromatic rings. The molecule has 0 unspecified atom stereocenters. The quantitative estimate of drug-likeness (QED) is 0.887. The van der Waals surface area contributed by atoms with Gasteiger partial charge >= 0.3 is 0 Å². The van der Waals surface area contributed by atoms with Crippen molar-refractivity contribution in [1.29, 1.82) is 0 Å². The number of hydrogen-bond donors (Lipinski definition) is 1. The molecule has 0 aliphatic heterocycles. The maximum atomic E-state index is 10.9. The smallest absolute Gasteiger partial charge is 0.149 e. The van der Waals surface area contributed by atoms with Crippen LogP contribution in [-0.2, 0) is 9.84 Å². The second-order valence-electron chi connectivity index (χ2n) is 3.52. The molecule has 15 heavy (non-hydrogen) atoms. The van der Waals surface area contributed by atoms with Crippen molar-refractivity contribution >= 4 is 27.1 Å². The van der Waals surface area contributed by atoms with Crippen LogP contribution in [0.2, 0.25) is 5.02 Å². The van der Waals surface area contributed by atoms with Crippen LogP contribution < -0.4 is 5.32 Å². The second-order valence-corrected chi connectivity index (χ2v) is 6.19. The molecule has 0 radical (unpaired) electrons. The van der Waals surface area contributed by atoms with Crippen LogP contribution in [0.25, 0.3) is 0 Å². The number of nitrogens with one attached hydrogen (secondary N) is 1. The largest absolute Gasteiger partial charge is 0.384 e. The van der Waals surface area contributed by atoms with Gasteiger partial charge in [0.2, 0.25) is 0 Å². The molecule has 0 atom stereocenters. The minimum absolute atomic E-state index is 0.124. The van der Waals surface area contributed by atoms with Crippen LogP contribution in [-0.4, -0.2) is 27.0 Å². The SMILES string of the molecule is Cc1ccc(NCCS(C)(=O)=O)cc1Cl. The number of hydrogen-bond acceptors (Lipinski definition) is 3. The molecule has 3 nitrogen and oxygen atoms in total. The maximum absolute atomic E-state index is 10.9. The minimum atomic E-state index is -2.91. The van der Waals surface area contributed by atoms with Gasteiger partial charge in [-0.25, -0.2) is 8.42 Å². The van der Waals surface area contributed by atoms with Crippen LogP contribution in [0.4, 0.5) is 5.69 Å². The van der Waals surface area contributed by atoms with E-state index >= 15 is 0 Å². The van der Waals surface area contributed by atoms with Crippen molar-refractivity contribution < 1.29 is 8.42 Å². The lowest BCUT2D eigenvalue weighted by atomic mass is 10.2. The van der Waals surface area contributed by atoms with Gasteiger partial charge in [0.25, 0.3) is 0 Å². The molecule has 5 heteroatoms. The summed E-state index contributed by atoms with van der Waals surface area (Å²) in [5.41, 5.74) is 1.85. The number of aryl methyl sites for hydroxylation is 1. The molecule has 0 aliphatic carbocycles. The molecule has 0 saturated heterocycles. The van der Waals surface area contributed by atoms with E-state index < -0.39 is 9.84 Å². The zero-order chi connectivity index (χ0) is 11.5. The summed E-state index contributed by atoms with van der Waals surface area (Å²) in [4.78, 5) is 0. The van der Waals surface area contributed by atoms with Gasteiger partial charge in [0, 0.05) is 23.5 Å². The third-order valence-electron chi connectivity index (χ3n) is 1.97. The molecule has 0 saturated carbocycles. The molecular formula is C10H14ClNO2S. The van der Waals surface area contributed by atoms with Gasteiger partial charge in [-0.3, -0.25) is 0 Å². The summed E-state index contributed by atoms with van der Waals surface area (Å²) in [5, 5.41) is 3.69. The molecule has 0 fully saturated rings. The van der Waals surface area contributed by atoms with Gasteiger partial charge in [-0.15, -0.1) is 0 Å². The molecule has 84 valence electrons. The van der Waals surface area contributed by atoms with E-state index in [9.17, 15) is 8.42 Å². The average molecular weight is 248 g/mol. The summed E-state index contributed by atoms with van der Waals surface area (Å²) < 4.78 is 21.8. The van der Waals surface area contributed by atoms with Crippen molar-refractivity contribution in [3.8, 4) is 0 Å². The molecule has 0 heterocycles. The Balaban J connectivity index is 2.55. The van der Waals surface area contributed by atoms with E-state index in [-0.39, 0.29) is 5.75 Å². The van der Waals surface area contributed by atoms with Crippen LogP contribution in [0.5, 0.6) is 0 Å². The normalized spacial score (nSPS) is 11.4. The van der Waals surface area contributed by atoms with Gasteiger partial charge in [0.1, 0.15) is 9.84 Å². The van der Waals surface area contributed by atoms with Crippen molar-refractivity contribution in [1.82, 2.24) is 0 Å². The summed E-state index contributed by atoms with van der Waals surface area (Å²) in [7, 11) is -2.91. The summed E-state index contributed by atoms with van der Waals surface area (Å²) in [6.07, 6.45) is 1.22. The van der Waals surface area contributed by atoms with E-state index in [1.807, 2.05) is 19.1 Å². The van der Waals surface area contributed by atoms with E-state index in [0.29, 0.717) is 11.6 Å². The standard InChI is InChI=1S/C10H14ClNO2S/c1-8-3-4-9(7-10(8)11)12-5-6-15(2,13)14/h3-4,7,12H,5-6H2,1-2H3. The molecule has 0 spiro atoms. The monoisotopic (exact) mass is 247 g/mol. The number of halogens is 1. The zero-order valence-electron chi connectivity index (χ0n) is 8.75. The molecule has 0 aliphatic rings. The average Bonchev–Trinajstić information content (AvgIpc) is 2.09. The van der Waals surface area contributed by atoms with Gasteiger partial charge < -0.3 is 5.32 Å². The minimum Gasteiger partial charge on any atom is -0.384 e. The molecular weight excluding hydrogens is 234 g/mol. The van der Waals surface area contributed by atoms with Crippen LogP contribution >= 0.6 is 11.6 Å². The molecule has 0 amide bonds. The van der Waals surface area contributed by atoms with Gasteiger partial charge in [0.15, 0.2) is 0 Å². The molecule has 0 bridgehead atoms. The third-order valence-corrected chi connectivity index (χ3v) is 3.33. The third kappa shape index (κ3) is 4.53. The number of sulfone groups is 1. The Kier molecular flexibility index (Phi) is 3.99. The Bertz CT molecular complexity index is 443. The highest BCUT2D eigenvalue weighted by Gasteiger charge is 2.02. The zero-order valence-corrected chi connectivity index (χ0v) is 10.3. The highest BCUT2D eigenvalue weighted by molar-refractivity contribution is 7.90. The fourth-order valence-corrected chi connectivity index (χ4v) is 1.74. The Morgan fingerprint density at radius 2 is 2.07 bits per heavy atom. The topological polar surface area (TPSA) is 46.2 Å². The number of benzene rings is 1. The summed E-state index contributed by atoms with van der Waals surface area (Å²) >= 11 is 5.92. The Morgan fingerprint density at radius 1 is 1.40 bits per heavy atom. The van der Waals surface area contributed by atoms with Gasteiger partial charge in [-0.1, -0.05) is 17.7 Å². The van der Waals surface area contributed by atoms with E-state index in [1.54, 1.807) is 6.07 Å².